The molecule has 1 aliphatic heterocycles. The SMILES string of the molecule is CN(Cc1nc2ccccc2c(=O)[nH]1)C(=O)C=Cc1cc(Cl)c2c(c1)OCCCO2. The number of carbonyl (C=O) groups excluding carboxylic acids is 1. The molecule has 0 unspecified atom stereocenters. The molecule has 1 aromatic heterocycles. The number of benzene rings is 2. The van der Waals surface area contributed by atoms with Crippen LogP contribution >= 0.6 is 11.6 Å². The lowest BCUT2D eigenvalue weighted by Gasteiger charge is -2.14. The van der Waals surface area contributed by atoms with Crippen LogP contribution in [0.3, 0.4) is 0 Å². The first-order valence-corrected chi connectivity index (χ1v) is 9.89. The van der Waals surface area contributed by atoms with Crippen molar-refractivity contribution < 1.29 is 14.3 Å². The quantitative estimate of drug-likeness (QED) is 0.647. The summed E-state index contributed by atoms with van der Waals surface area (Å²) in [6.45, 7) is 1.27. The Kier molecular flexibility index (Phi) is 5.72. The highest BCUT2D eigenvalue weighted by atomic mass is 35.5. The molecule has 1 amide bonds. The van der Waals surface area contributed by atoms with E-state index in [1.165, 1.54) is 11.0 Å². The summed E-state index contributed by atoms with van der Waals surface area (Å²) in [5, 5.41) is 0.953. The van der Waals surface area contributed by atoms with E-state index in [4.69, 9.17) is 21.1 Å². The number of hydrogen-bond acceptors (Lipinski definition) is 5. The fourth-order valence-corrected chi connectivity index (χ4v) is 3.43. The lowest BCUT2D eigenvalue weighted by Crippen LogP contribution is -2.26. The topological polar surface area (TPSA) is 84.5 Å². The highest BCUT2D eigenvalue weighted by molar-refractivity contribution is 6.32. The van der Waals surface area contributed by atoms with Crippen LogP contribution in [0.25, 0.3) is 17.0 Å². The number of para-hydroxylation sites is 1. The van der Waals surface area contributed by atoms with E-state index in [1.807, 2.05) is 6.07 Å². The molecule has 0 atom stereocenters. The van der Waals surface area contributed by atoms with Gasteiger partial charge < -0.3 is 19.4 Å². The lowest BCUT2D eigenvalue weighted by atomic mass is 10.2. The van der Waals surface area contributed by atoms with Crippen LogP contribution in [-0.4, -0.2) is 41.0 Å². The molecule has 8 heteroatoms. The summed E-state index contributed by atoms with van der Waals surface area (Å²) >= 11 is 6.29. The summed E-state index contributed by atoms with van der Waals surface area (Å²) in [7, 11) is 1.64. The van der Waals surface area contributed by atoms with Gasteiger partial charge in [0.05, 0.1) is 35.7 Å². The average molecular weight is 426 g/mol. The van der Waals surface area contributed by atoms with Gasteiger partial charge in [-0.25, -0.2) is 4.98 Å². The van der Waals surface area contributed by atoms with Gasteiger partial charge in [-0.2, -0.15) is 0 Å². The predicted octanol–water partition coefficient (Wildman–Crippen LogP) is 3.41. The molecule has 154 valence electrons. The van der Waals surface area contributed by atoms with Gasteiger partial charge in [-0.05, 0) is 35.9 Å². The number of amides is 1. The van der Waals surface area contributed by atoms with Gasteiger partial charge >= 0.3 is 0 Å². The lowest BCUT2D eigenvalue weighted by molar-refractivity contribution is -0.125. The van der Waals surface area contributed by atoms with Crippen molar-refractivity contribution in [1.82, 2.24) is 14.9 Å². The van der Waals surface area contributed by atoms with Crippen molar-refractivity contribution in [3.8, 4) is 11.5 Å². The summed E-state index contributed by atoms with van der Waals surface area (Å²) in [5.74, 6) is 1.27. The highest BCUT2D eigenvalue weighted by Gasteiger charge is 2.15. The van der Waals surface area contributed by atoms with Crippen LogP contribution in [-0.2, 0) is 11.3 Å². The molecule has 0 saturated carbocycles. The highest BCUT2D eigenvalue weighted by Crippen LogP contribution is 2.38. The van der Waals surface area contributed by atoms with E-state index in [9.17, 15) is 9.59 Å². The zero-order chi connectivity index (χ0) is 21.1. The second-order valence-electron chi connectivity index (χ2n) is 6.94. The Hall–Kier alpha value is -3.32. The first-order valence-electron chi connectivity index (χ1n) is 9.51. The zero-order valence-corrected chi connectivity index (χ0v) is 17.1. The standard InChI is InChI=1S/C22H20ClN3O4/c1-26(13-19-24-17-6-3-2-5-15(17)22(28)25-19)20(27)8-7-14-11-16(23)21-18(12-14)29-9-4-10-30-21/h2-3,5-8,11-12H,4,9-10,13H2,1H3,(H,24,25,28). The van der Waals surface area contributed by atoms with Crippen LogP contribution in [0.1, 0.15) is 17.8 Å². The fourth-order valence-electron chi connectivity index (χ4n) is 3.15. The van der Waals surface area contributed by atoms with Crippen LogP contribution < -0.4 is 15.0 Å². The Bertz CT molecular complexity index is 1190. The third-order valence-corrected chi connectivity index (χ3v) is 4.95. The van der Waals surface area contributed by atoms with Crippen LogP contribution in [0.4, 0.5) is 0 Å². The zero-order valence-electron chi connectivity index (χ0n) is 16.4. The molecule has 2 aromatic carbocycles. The second kappa shape index (κ2) is 8.59. The van der Waals surface area contributed by atoms with Gasteiger partial charge in [-0.15, -0.1) is 0 Å². The summed E-state index contributed by atoms with van der Waals surface area (Å²) in [5.41, 5.74) is 1.09. The number of fused-ring (bicyclic) bond motifs is 2. The molecule has 0 radical (unpaired) electrons. The van der Waals surface area contributed by atoms with Gasteiger partial charge in [0.25, 0.3) is 5.56 Å². The molecular weight excluding hydrogens is 406 g/mol. The predicted molar refractivity (Wildman–Crippen MR) is 115 cm³/mol. The molecule has 0 aliphatic carbocycles. The molecule has 3 aromatic rings. The number of nitrogens with one attached hydrogen (secondary N) is 1. The number of aromatic nitrogens is 2. The Balaban J connectivity index is 1.49. The Morgan fingerprint density at radius 3 is 2.93 bits per heavy atom. The Morgan fingerprint density at radius 2 is 2.07 bits per heavy atom. The maximum Gasteiger partial charge on any atom is 0.258 e. The Morgan fingerprint density at radius 1 is 1.27 bits per heavy atom. The van der Waals surface area contributed by atoms with E-state index in [2.05, 4.69) is 9.97 Å². The number of rotatable bonds is 4. The van der Waals surface area contributed by atoms with Crippen LogP contribution in [0.15, 0.2) is 47.3 Å². The van der Waals surface area contributed by atoms with Crippen molar-refractivity contribution in [2.75, 3.05) is 20.3 Å². The smallest absolute Gasteiger partial charge is 0.258 e. The molecule has 1 N–H and O–H groups in total. The van der Waals surface area contributed by atoms with Gasteiger partial charge in [0.2, 0.25) is 5.91 Å². The third-order valence-electron chi connectivity index (χ3n) is 4.67. The number of ether oxygens (including phenoxy) is 2. The second-order valence-corrected chi connectivity index (χ2v) is 7.35. The summed E-state index contributed by atoms with van der Waals surface area (Å²) in [6, 6.07) is 10.6. The van der Waals surface area contributed by atoms with E-state index in [1.54, 1.807) is 43.5 Å². The van der Waals surface area contributed by atoms with Crippen molar-refractivity contribution in [3.05, 3.63) is 69.2 Å². The maximum atomic E-state index is 12.5. The normalized spacial score (nSPS) is 13.4. The van der Waals surface area contributed by atoms with Crippen molar-refractivity contribution in [2.45, 2.75) is 13.0 Å². The monoisotopic (exact) mass is 425 g/mol. The van der Waals surface area contributed by atoms with Gasteiger partial charge in [0.15, 0.2) is 11.5 Å². The van der Waals surface area contributed by atoms with Crippen molar-refractivity contribution >= 4 is 34.5 Å². The molecule has 7 nitrogen and oxygen atoms in total. The van der Waals surface area contributed by atoms with Gasteiger partial charge in [-0.1, -0.05) is 23.7 Å². The summed E-state index contributed by atoms with van der Waals surface area (Å²) < 4.78 is 11.3. The van der Waals surface area contributed by atoms with Gasteiger partial charge in [0.1, 0.15) is 5.82 Å². The van der Waals surface area contributed by atoms with E-state index in [0.29, 0.717) is 46.5 Å². The first-order chi connectivity index (χ1) is 14.5. The number of nitrogens with zero attached hydrogens (tertiary/aromatic N) is 2. The van der Waals surface area contributed by atoms with E-state index in [-0.39, 0.29) is 18.0 Å². The first kappa shape index (κ1) is 20.0. The summed E-state index contributed by atoms with van der Waals surface area (Å²) in [4.78, 5) is 33.3. The van der Waals surface area contributed by atoms with Gasteiger partial charge in [0, 0.05) is 19.5 Å². The molecule has 30 heavy (non-hydrogen) atoms. The number of H-pyrrole nitrogens is 1. The van der Waals surface area contributed by atoms with Crippen LogP contribution in [0.5, 0.6) is 11.5 Å². The minimum absolute atomic E-state index is 0.172. The number of hydrogen-bond donors (Lipinski definition) is 1. The molecule has 0 spiro atoms. The van der Waals surface area contributed by atoms with Crippen LogP contribution in [0, 0.1) is 0 Å². The molecule has 1 aliphatic rings. The van der Waals surface area contributed by atoms with Crippen molar-refractivity contribution in [3.63, 3.8) is 0 Å². The number of halogens is 1. The minimum atomic E-state index is -0.242. The van der Waals surface area contributed by atoms with Gasteiger partial charge in [-0.3, -0.25) is 9.59 Å². The fraction of sp³-hybridized carbons (Fsp3) is 0.227. The number of likely N-dealkylation sites (N-methyl/N-ethyl adjacent to an activating group) is 1. The molecule has 2 heterocycles. The Labute approximate surface area is 177 Å². The minimum Gasteiger partial charge on any atom is -0.489 e. The molecule has 0 saturated heterocycles. The van der Waals surface area contributed by atoms with Crippen molar-refractivity contribution in [2.24, 2.45) is 0 Å². The van der Waals surface area contributed by atoms with E-state index >= 15 is 0 Å². The number of carbonyl (C=O) groups is 1. The maximum absolute atomic E-state index is 12.5. The summed E-state index contributed by atoms with van der Waals surface area (Å²) in [6.07, 6.45) is 3.88. The van der Waals surface area contributed by atoms with Crippen molar-refractivity contribution in [1.29, 1.82) is 0 Å². The average Bonchev–Trinajstić information content (AvgIpc) is 2.98. The molecule has 4 rings (SSSR count). The largest absolute Gasteiger partial charge is 0.489 e. The third kappa shape index (κ3) is 4.31. The van der Waals surface area contributed by atoms with E-state index in [0.717, 1.165) is 12.0 Å². The van der Waals surface area contributed by atoms with Crippen LogP contribution in [0.2, 0.25) is 5.02 Å². The molecular formula is C22H20ClN3O4. The van der Waals surface area contributed by atoms with E-state index < -0.39 is 0 Å². The number of aromatic amines is 1. The molecule has 0 bridgehead atoms. The molecule has 0 fully saturated rings.